The van der Waals surface area contributed by atoms with Gasteiger partial charge >= 0.3 is 18.2 Å². The highest BCUT2D eigenvalue weighted by Gasteiger charge is 2.48. The van der Waals surface area contributed by atoms with Gasteiger partial charge in [0.1, 0.15) is 18.9 Å². The molecule has 0 radical (unpaired) electrons. The van der Waals surface area contributed by atoms with E-state index in [2.05, 4.69) is 0 Å². The highest BCUT2D eigenvalue weighted by molar-refractivity contribution is 5.91. The number of nitrogens with zero attached hydrogens (tertiary/aromatic N) is 1. The number of carbonyl (C=O) groups is 2. The van der Waals surface area contributed by atoms with E-state index < -0.39 is 29.5 Å². The molecule has 1 aliphatic rings. The summed E-state index contributed by atoms with van der Waals surface area (Å²) in [5, 5.41) is 0. The number of halogens is 3. The fourth-order valence-electron chi connectivity index (χ4n) is 2.93. The van der Waals surface area contributed by atoms with E-state index in [9.17, 15) is 22.8 Å². The van der Waals surface area contributed by atoms with Gasteiger partial charge in [0.2, 0.25) is 0 Å². The number of hydrogen-bond donors (Lipinski definition) is 0. The number of ether oxygens (including phenoxy) is 2. The normalized spacial score (nSPS) is 14.1. The minimum atomic E-state index is -4.90. The Kier molecular flexibility index (Phi) is 6.21. The van der Waals surface area contributed by atoms with Crippen molar-refractivity contribution in [3.8, 4) is 0 Å². The molecule has 0 N–H and O–H groups in total. The molecule has 2 aromatic rings. The molecule has 0 aliphatic carbocycles. The summed E-state index contributed by atoms with van der Waals surface area (Å²) in [7, 11) is 0. The Bertz CT molecular complexity index is 895. The van der Waals surface area contributed by atoms with Crippen LogP contribution in [-0.2, 0) is 27.5 Å². The maximum Gasteiger partial charge on any atom is 0.432 e. The second-order valence-electron chi connectivity index (χ2n) is 6.33. The first-order chi connectivity index (χ1) is 13.9. The van der Waals surface area contributed by atoms with Gasteiger partial charge in [-0.1, -0.05) is 60.7 Å². The van der Waals surface area contributed by atoms with Crippen LogP contribution in [0.25, 0.3) is 0 Å². The first kappa shape index (κ1) is 20.4. The molecular weight excluding hydrogens is 387 g/mol. The van der Waals surface area contributed by atoms with Gasteiger partial charge in [-0.3, -0.25) is 4.90 Å². The highest BCUT2D eigenvalue weighted by Crippen LogP contribution is 2.37. The zero-order chi connectivity index (χ0) is 20.9. The first-order valence-electron chi connectivity index (χ1n) is 8.86. The van der Waals surface area contributed by atoms with Gasteiger partial charge in [0.25, 0.3) is 0 Å². The molecule has 3 rings (SSSR count). The average Bonchev–Trinajstić information content (AvgIpc) is 3.18. The lowest BCUT2D eigenvalue weighted by atomic mass is 10.2. The van der Waals surface area contributed by atoms with Crippen molar-refractivity contribution < 1.29 is 32.2 Å². The van der Waals surface area contributed by atoms with E-state index >= 15 is 0 Å². The van der Waals surface area contributed by atoms with Crippen LogP contribution in [0.3, 0.4) is 0 Å². The van der Waals surface area contributed by atoms with E-state index in [1.54, 1.807) is 60.7 Å². The van der Waals surface area contributed by atoms with Gasteiger partial charge in [0, 0.05) is 6.54 Å². The molecule has 5 nitrogen and oxygen atoms in total. The van der Waals surface area contributed by atoms with Gasteiger partial charge in [-0.15, -0.1) is 0 Å². The smallest absolute Gasteiger partial charge is 0.432 e. The van der Waals surface area contributed by atoms with Crippen LogP contribution in [0.1, 0.15) is 17.5 Å². The molecule has 1 amide bonds. The van der Waals surface area contributed by atoms with Crippen molar-refractivity contribution in [1.82, 2.24) is 4.90 Å². The zero-order valence-corrected chi connectivity index (χ0v) is 15.3. The number of hydrogen-bond acceptors (Lipinski definition) is 4. The predicted octanol–water partition coefficient (Wildman–Crippen LogP) is 4.59. The third-order valence-electron chi connectivity index (χ3n) is 4.29. The second kappa shape index (κ2) is 8.81. The van der Waals surface area contributed by atoms with Crippen LogP contribution in [-0.4, -0.2) is 29.7 Å². The van der Waals surface area contributed by atoms with Crippen molar-refractivity contribution in [2.75, 3.05) is 6.54 Å². The third kappa shape index (κ3) is 5.16. The van der Waals surface area contributed by atoms with E-state index in [1.807, 2.05) is 0 Å². The summed E-state index contributed by atoms with van der Waals surface area (Å²) >= 11 is 0. The van der Waals surface area contributed by atoms with Crippen molar-refractivity contribution in [1.29, 1.82) is 0 Å². The fourth-order valence-corrected chi connectivity index (χ4v) is 2.93. The maximum absolute atomic E-state index is 13.6. The van der Waals surface area contributed by atoms with Gasteiger partial charge in [-0.05, 0) is 17.5 Å². The molecule has 2 aromatic carbocycles. The summed E-state index contributed by atoms with van der Waals surface area (Å²) in [6, 6.07) is 17.2. The van der Waals surface area contributed by atoms with Crippen LogP contribution in [0.4, 0.5) is 18.0 Å². The van der Waals surface area contributed by atoms with Gasteiger partial charge in [0.05, 0.1) is 5.57 Å². The Morgan fingerprint density at radius 3 is 1.90 bits per heavy atom. The summed E-state index contributed by atoms with van der Waals surface area (Å²) in [6.07, 6.45) is -6.32. The Morgan fingerprint density at radius 2 is 1.38 bits per heavy atom. The van der Waals surface area contributed by atoms with Crippen LogP contribution in [0, 0.1) is 0 Å². The number of carbonyl (C=O) groups excluding carboxylic acids is 2. The fraction of sp³-hybridized carbons (Fsp3) is 0.238. The number of amides is 1. The van der Waals surface area contributed by atoms with Gasteiger partial charge < -0.3 is 9.47 Å². The molecule has 29 heavy (non-hydrogen) atoms. The van der Waals surface area contributed by atoms with Crippen molar-refractivity contribution in [3.63, 3.8) is 0 Å². The molecule has 0 aromatic heterocycles. The van der Waals surface area contributed by atoms with Crippen LogP contribution < -0.4 is 0 Å². The number of benzene rings is 2. The molecule has 1 aliphatic heterocycles. The van der Waals surface area contributed by atoms with Crippen molar-refractivity contribution in [2.24, 2.45) is 0 Å². The highest BCUT2D eigenvalue weighted by atomic mass is 19.4. The van der Waals surface area contributed by atoms with Gasteiger partial charge in [-0.25, -0.2) is 9.59 Å². The number of alkyl halides is 3. The minimum absolute atomic E-state index is 0.160. The molecule has 0 spiro atoms. The van der Waals surface area contributed by atoms with E-state index in [-0.39, 0.29) is 26.2 Å². The van der Waals surface area contributed by atoms with Crippen molar-refractivity contribution in [2.45, 2.75) is 25.8 Å². The minimum Gasteiger partial charge on any atom is -0.457 e. The molecule has 1 heterocycles. The van der Waals surface area contributed by atoms with Crippen LogP contribution in [0.5, 0.6) is 0 Å². The van der Waals surface area contributed by atoms with Crippen LogP contribution >= 0.6 is 0 Å². The van der Waals surface area contributed by atoms with E-state index in [0.29, 0.717) is 16.0 Å². The van der Waals surface area contributed by atoms with Gasteiger partial charge in [-0.2, -0.15) is 13.2 Å². The molecule has 0 saturated carbocycles. The number of rotatable bonds is 5. The van der Waals surface area contributed by atoms with E-state index in [4.69, 9.17) is 9.47 Å². The summed E-state index contributed by atoms with van der Waals surface area (Å²) in [6.45, 7) is -0.639. The molecule has 0 atom stereocenters. The monoisotopic (exact) mass is 405 g/mol. The summed E-state index contributed by atoms with van der Waals surface area (Å²) in [5.41, 5.74) is -0.620. The van der Waals surface area contributed by atoms with Gasteiger partial charge in [0.15, 0.2) is 0 Å². The Morgan fingerprint density at radius 1 is 0.862 bits per heavy atom. The molecular formula is C21H18F3NO4. The van der Waals surface area contributed by atoms with Crippen molar-refractivity contribution in [3.05, 3.63) is 83.1 Å². The number of esters is 1. The predicted molar refractivity (Wildman–Crippen MR) is 97.3 cm³/mol. The third-order valence-corrected chi connectivity index (χ3v) is 4.29. The standard InChI is InChI=1S/C21H18F3NO4/c22-21(23,24)18-17(19(26)28-13-15-7-3-1-4-8-15)11-12-25(18)20(27)29-14-16-9-5-2-6-10-16/h1-10H,11-14H2. The van der Waals surface area contributed by atoms with Crippen molar-refractivity contribution >= 4 is 12.1 Å². The average molecular weight is 405 g/mol. The molecule has 0 unspecified atom stereocenters. The molecule has 0 fully saturated rings. The topological polar surface area (TPSA) is 55.8 Å². The lowest BCUT2D eigenvalue weighted by molar-refractivity contribution is -0.142. The maximum atomic E-state index is 13.6. The Hall–Kier alpha value is -3.29. The van der Waals surface area contributed by atoms with Crippen LogP contribution in [0.2, 0.25) is 0 Å². The summed E-state index contributed by atoms with van der Waals surface area (Å²) < 4.78 is 50.8. The first-order valence-corrected chi connectivity index (χ1v) is 8.86. The number of allylic oxidation sites excluding steroid dienone is 1. The molecule has 8 heteroatoms. The summed E-state index contributed by atoms with van der Waals surface area (Å²) in [5.74, 6) is -1.10. The molecule has 0 bridgehead atoms. The van der Waals surface area contributed by atoms with E-state index in [0.717, 1.165) is 0 Å². The second-order valence-corrected chi connectivity index (χ2v) is 6.33. The lowest BCUT2D eigenvalue weighted by Crippen LogP contribution is -2.35. The summed E-state index contributed by atoms with van der Waals surface area (Å²) in [4.78, 5) is 25.0. The Balaban J connectivity index is 1.72. The molecule has 0 saturated heterocycles. The van der Waals surface area contributed by atoms with E-state index in [1.165, 1.54) is 0 Å². The Labute approximate surface area is 165 Å². The largest absolute Gasteiger partial charge is 0.457 e. The quantitative estimate of drug-likeness (QED) is 0.683. The zero-order valence-electron chi connectivity index (χ0n) is 15.3. The van der Waals surface area contributed by atoms with Crippen LogP contribution in [0.15, 0.2) is 71.9 Å². The molecule has 152 valence electrons. The SMILES string of the molecule is O=C(OCc1ccccc1)C1=C(C(F)(F)F)N(C(=O)OCc2ccccc2)CC1. The lowest BCUT2D eigenvalue weighted by Gasteiger charge is -2.22.